The van der Waals surface area contributed by atoms with Gasteiger partial charge >= 0.3 is 0 Å². The van der Waals surface area contributed by atoms with Crippen molar-refractivity contribution in [2.24, 2.45) is 5.73 Å². The number of aromatic nitrogens is 3. The second-order valence-corrected chi connectivity index (χ2v) is 8.55. The normalized spacial score (nSPS) is 24.0. The van der Waals surface area contributed by atoms with Crippen LogP contribution in [0.5, 0.6) is 0 Å². The van der Waals surface area contributed by atoms with Crippen LogP contribution >= 0.6 is 11.8 Å². The predicted octanol–water partition coefficient (Wildman–Crippen LogP) is 2.00. The third-order valence-electron chi connectivity index (χ3n) is 5.01. The quantitative estimate of drug-likeness (QED) is 0.838. The molecule has 0 saturated carbocycles. The van der Waals surface area contributed by atoms with E-state index in [1.165, 1.54) is 0 Å². The van der Waals surface area contributed by atoms with Crippen LogP contribution in [0, 0.1) is 6.92 Å². The standard InChI is InChI=1S/C18H24N6OS/c1-12-8-20-15-14(12)16(22-11-21-15)23-6-7-26-13(9-23)17(25)24-5-3-4-18(2,19)10-24/h8-9,11H,3-7,10,19H2,1-2H3,(H,20,21,22)/t18-/m0/s1. The molecule has 0 bridgehead atoms. The number of nitrogens with two attached hydrogens (primary N) is 1. The molecule has 3 N–H and O–H groups in total. The minimum Gasteiger partial charge on any atom is -0.346 e. The number of anilines is 1. The van der Waals surface area contributed by atoms with Crippen molar-refractivity contribution >= 4 is 34.5 Å². The summed E-state index contributed by atoms with van der Waals surface area (Å²) >= 11 is 1.61. The van der Waals surface area contributed by atoms with Gasteiger partial charge in [-0.15, -0.1) is 11.8 Å². The molecule has 0 aromatic carbocycles. The molecular weight excluding hydrogens is 348 g/mol. The van der Waals surface area contributed by atoms with Gasteiger partial charge in [0, 0.05) is 43.3 Å². The molecule has 4 heterocycles. The lowest BCUT2D eigenvalue weighted by atomic mass is 9.92. The summed E-state index contributed by atoms with van der Waals surface area (Å²) < 4.78 is 0. The largest absolute Gasteiger partial charge is 0.346 e. The number of carbonyl (C=O) groups excluding carboxylic acids is 1. The Labute approximate surface area is 157 Å². The second kappa shape index (κ2) is 6.59. The van der Waals surface area contributed by atoms with E-state index >= 15 is 0 Å². The van der Waals surface area contributed by atoms with Crippen LogP contribution in [0.25, 0.3) is 11.0 Å². The highest BCUT2D eigenvalue weighted by molar-refractivity contribution is 8.04. The number of rotatable bonds is 2. The van der Waals surface area contributed by atoms with Crippen LogP contribution in [-0.4, -0.2) is 56.7 Å². The van der Waals surface area contributed by atoms with Gasteiger partial charge in [0.1, 0.15) is 17.8 Å². The van der Waals surface area contributed by atoms with Crippen LogP contribution in [0.1, 0.15) is 25.3 Å². The summed E-state index contributed by atoms with van der Waals surface area (Å²) in [5, 5.41) is 1.01. The first-order chi connectivity index (χ1) is 12.4. The third-order valence-corrected chi connectivity index (χ3v) is 5.99. The molecule has 0 unspecified atom stereocenters. The Balaban J connectivity index is 1.63. The first-order valence-electron chi connectivity index (χ1n) is 8.93. The fourth-order valence-electron chi connectivity index (χ4n) is 3.69. The van der Waals surface area contributed by atoms with Crippen molar-refractivity contribution in [1.82, 2.24) is 19.9 Å². The van der Waals surface area contributed by atoms with E-state index in [-0.39, 0.29) is 11.4 Å². The number of hydrogen-bond donors (Lipinski definition) is 2. The number of likely N-dealkylation sites (tertiary alicyclic amines) is 1. The van der Waals surface area contributed by atoms with E-state index < -0.39 is 0 Å². The van der Waals surface area contributed by atoms with Gasteiger partial charge in [-0.2, -0.15) is 0 Å². The first-order valence-corrected chi connectivity index (χ1v) is 9.91. The second-order valence-electron chi connectivity index (χ2n) is 7.41. The highest BCUT2D eigenvalue weighted by atomic mass is 32.2. The molecule has 1 fully saturated rings. The molecule has 2 aliphatic rings. The van der Waals surface area contributed by atoms with Gasteiger partial charge in [-0.3, -0.25) is 4.79 Å². The van der Waals surface area contributed by atoms with Crippen LogP contribution in [-0.2, 0) is 4.79 Å². The van der Waals surface area contributed by atoms with Gasteiger partial charge in [0.15, 0.2) is 0 Å². The van der Waals surface area contributed by atoms with Gasteiger partial charge in [0.25, 0.3) is 5.91 Å². The molecule has 4 rings (SSSR count). The van der Waals surface area contributed by atoms with Gasteiger partial charge in [-0.05, 0) is 32.3 Å². The predicted molar refractivity (Wildman–Crippen MR) is 105 cm³/mol. The van der Waals surface area contributed by atoms with Crippen molar-refractivity contribution in [3.63, 3.8) is 0 Å². The van der Waals surface area contributed by atoms with Crippen molar-refractivity contribution in [3.05, 3.63) is 29.2 Å². The molecule has 2 aliphatic heterocycles. The molecule has 0 aliphatic carbocycles. The Morgan fingerprint density at radius 1 is 1.38 bits per heavy atom. The number of H-pyrrole nitrogens is 1. The summed E-state index contributed by atoms with van der Waals surface area (Å²) in [6, 6.07) is 0. The number of hydrogen-bond acceptors (Lipinski definition) is 6. The number of aryl methyl sites for hydroxylation is 1. The molecule has 1 amide bonds. The molecule has 0 radical (unpaired) electrons. The summed E-state index contributed by atoms with van der Waals surface area (Å²) in [4.78, 5) is 29.7. The Hall–Kier alpha value is -2.06. The summed E-state index contributed by atoms with van der Waals surface area (Å²) in [5.41, 5.74) is 7.90. The average Bonchev–Trinajstić information content (AvgIpc) is 3.02. The van der Waals surface area contributed by atoms with Crippen LogP contribution in [0.15, 0.2) is 23.6 Å². The maximum atomic E-state index is 13.0. The molecule has 8 heteroatoms. The maximum absolute atomic E-state index is 13.0. The van der Waals surface area contributed by atoms with Crippen LogP contribution in [0.3, 0.4) is 0 Å². The van der Waals surface area contributed by atoms with E-state index in [1.807, 2.05) is 31.1 Å². The molecule has 1 atom stereocenters. The minimum atomic E-state index is -0.297. The van der Waals surface area contributed by atoms with Crippen molar-refractivity contribution in [2.45, 2.75) is 32.2 Å². The summed E-state index contributed by atoms with van der Waals surface area (Å²) in [7, 11) is 0. The minimum absolute atomic E-state index is 0.0761. The zero-order valence-corrected chi connectivity index (χ0v) is 16.0. The molecule has 138 valence electrons. The van der Waals surface area contributed by atoms with Gasteiger partial charge in [0.2, 0.25) is 0 Å². The van der Waals surface area contributed by atoms with Gasteiger partial charge in [-0.1, -0.05) is 0 Å². The number of thioether (sulfide) groups is 1. The molecule has 1 saturated heterocycles. The maximum Gasteiger partial charge on any atom is 0.261 e. The smallest absolute Gasteiger partial charge is 0.261 e. The Morgan fingerprint density at radius 2 is 2.23 bits per heavy atom. The topological polar surface area (TPSA) is 91.1 Å². The van der Waals surface area contributed by atoms with Crippen LogP contribution in [0.4, 0.5) is 5.82 Å². The number of nitrogens with one attached hydrogen (secondary N) is 1. The lowest BCUT2D eigenvalue weighted by molar-refractivity contribution is -0.128. The summed E-state index contributed by atoms with van der Waals surface area (Å²) in [6.07, 6.45) is 7.35. The van der Waals surface area contributed by atoms with E-state index in [2.05, 4.69) is 19.9 Å². The zero-order chi connectivity index (χ0) is 18.3. The van der Waals surface area contributed by atoms with Gasteiger partial charge in [-0.25, -0.2) is 9.97 Å². The van der Waals surface area contributed by atoms with E-state index in [9.17, 15) is 4.79 Å². The van der Waals surface area contributed by atoms with Crippen LogP contribution in [0.2, 0.25) is 0 Å². The van der Waals surface area contributed by atoms with E-state index in [1.54, 1.807) is 18.1 Å². The van der Waals surface area contributed by atoms with E-state index in [0.29, 0.717) is 6.54 Å². The lowest BCUT2D eigenvalue weighted by Crippen LogP contribution is -2.54. The highest BCUT2D eigenvalue weighted by Gasteiger charge is 2.32. The molecule has 7 nitrogen and oxygen atoms in total. The summed E-state index contributed by atoms with van der Waals surface area (Å²) in [5.74, 6) is 1.77. The number of fused-ring (bicyclic) bond motifs is 1. The Bertz CT molecular complexity index is 874. The average molecular weight is 372 g/mol. The van der Waals surface area contributed by atoms with E-state index in [0.717, 1.165) is 59.0 Å². The zero-order valence-electron chi connectivity index (χ0n) is 15.2. The SMILES string of the molecule is Cc1c[nH]c2ncnc(N3C=C(C(=O)N4CCC[C@](C)(N)C4)SCC3)c12. The number of aromatic amines is 1. The number of carbonyl (C=O) groups is 1. The fraction of sp³-hybridized carbons (Fsp3) is 0.500. The van der Waals surface area contributed by atoms with Crippen molar-refractivity contribution in [1.29, 1.82) is 0 Å². The summed E-state index contributed by atoms with van der Waals surface area (Å²) in [6.45, 7) is 6.26. The first kappa shape index (κ1) is 17.4. The Morgan fingerprint density at radius 3 is 3.04 bits per heavy atom. The Kier molecular flexibility index (Phi) is 4.40. The van der Waals surface area contributed by atoms with Gasteiger partial charge < -0.3 is 20.5 Å². The number of piperidine rings is 1. The number of amides is 1. The van der Waals surface area contributed by atoms with Crippen LogP contribution < -0.4 is 10.6 Å². The number of nitrogens with zero attached hydrogens (tertiary/aromatic N) is 4. The molecule has 2 aromatic heterocycles. The lowest BCUT2D eigenvalue weighted by Gasteiger charge is -2.38. The molecule has 0 spiro atoms. The van der Waals surface area contributed by atoms with Gasteiger partial charge in [0.05, 0.1) is 10.3 Å². The molecule has 26 heavy (non-hydrogen) atoms. The van der Waals surface area contributed by atoms with Crippen molar-refractivity contribution in [2.75, 3.05) is 30.3 Å². The van der Waals surface area contributed by atoms with E-state index in [4.69, 9.17) is 5.73 Å². The van der Waals surface area contributed by atoms with Crippen molar-refractivity contribution in [3.8, 4) is 0 Å². The molecular formula is C18H24N6OS. The van der Waals surface area contributed by atoms with Crippen molar-refractivity contribution < 1.29 is 4.79 Å². The fourth-order valence-corrected chi connectivity index (χ4v) is 4.66. The highest BCUT2D eigenvalue weighted by Crippen LogP contribution is 2.32. The third kappa shape index (κ3) is 3.19. The monoisotopic (exact) mass is 372 g/mol. The molecule has 2 aromatic rings.